The monoisotopic (exact) mass is 412 g/mol. The molecule has 0 spiro atoms. The van der Waals surface area contributed by atoms with E-state index < -0.39 is 0 Å². The van der Waals surface area contributed by atoms with Gasteiger partial charge in [0.25, 0.3) is 0 Å². The van der Waals surface area contributed by atoms with E-state index in [0.29, 0.717) is 17.3 Å². The maximum absolute atomic E-state index is 12.0. The molecule has 1 heterocycles. The molecule has 2 aromatic carbocycles. The highest BCUT2D eigenvalue weighted by atomic mass is 32.1. The number of anilines is 2. The highest BCUT2D eigenvalue weighted by molar-refractivity contribution is 7.80. The predicted molar refractivity (Wildman–Crippen MR) is 117 cm³/mol. The van der Waals surface area contributed by atoms with Crippen molar-refractivity contribution in [2.75, 3.05) is 17.2 Å². The zero-order chi connectivity index (χ0) is 20.1. The maximum Gasteiger partial charge on any atom is 0.338 e. The summed E-state index contributed by atoms with van der Waals surface area (Å²) in [6.45, 7) is 6.04. The van der Waals surface area contributed by atoms with Crippen LogP contribution in [0, 0.1) is 13.8 Å². The summed E-state index contributed by atoms with van der Waals surface area (Å²) in [6.07, 6.45) is 0. The second-order valence-electron chi connectivity index (χ2n) is 6.09. The van der Waals surface area contributed by atoms with Gasteiger partial charge in [-0.3, -0.25) is 0 Å². The Hall–Kier alpha value is -2.84. The van der Waals surface area contributed by atoms with Crippen molar-refractivity contribution in [2.45, 2.75) is 20.8 Å². The molecular weight excluding hydrogens is 392 g/mol. The standard InChI is InChI=1S/C20H20N4O2S2/c1-4-26-19(25)15-6-5-12(2)17(11-15)14-7-9-16(10-8-14)21-20(27)22-18-13(3)23-24-28-18/h5-11H,4H2,1-3H3,(H2,21,22,27). The number of hydrogen-bond acceptors (Lipinski definition) is 6. The number of aryl methyl sites for hydroxylation is 2. The molecule has 0 aliphatic carbocycles. The molecule has 2 N–H and O–H groups in total. The predicted octanol–water partition coefficient (Wildman–Crippen LogP) is 4.81. The van der Waals surface area contributed by atoms with Crippen LogP contribution in [0.3, 0.4) is 0 Å². The first-order valence-electron chi connectivity index (χ1n) is 8.73. The van der Waals surface area contributed by atoms with Gasteiger partial charge in [0.05, 0.1) is 17.9 Å². The highest BCUT2D eigenvalue weighted by Gasteiger charge is 2.11. The first-order chi connectivity index (χ1) is 13.5. The van der Waals surface area contributed by atoms with E-state index >= 15 is 0 Å². The molecule has 0 saturated carbocycles. The van der Waals surface area contributed by atoms with Gasteiger partial charge in [-0.2, -0.15) is 0 Å². The zero-order valence-electron chi connectivity index (χ0n) is 15.8. The van der Waals surface area contributed by atoms with Crippen LogP contribution < -0.4 is 10.6 Å². The Morgan fingerprint density at radius 3 is 2.54 bits per heavy atom. The number of thiocarbonyl (C=S) groups is 1. The van der Waals surface area contributed by atoms with Crippen LogP contribution in [-0.4, -0.2) is 27.3 Å². The number of esters is 1. The summed E-state index contributed by atoms with van der Waals surface area (Å²) < 4.78 is 8.97. The lowest BCUT2D eigenvalue weighted by molar-refractivity contribution is 0.0526. The fraction of sp³-hybridized carbons (Fsp3) is 0.200. The number of nitrogens with zero attached hydrogens (tertiary/aromatic N) is 2. The Morgan fingerprint density at radius 2 is 1.89 bits per heavy atom. The summed E-state index contributed by atoms with van der Waals surface area (Å²) in [5.41, 5.74) is 5.29. The molecule has 0 saturated heterocycles. The third-order valence-corrected chi connectivity index (χ3v) is 5.03. The van der Waals surface area contributed by atoms with E-state index in [2.05, 4.69) is 20.2 Å². The Bertz CT molecular complexity index is 1000. The Kier molecular flexibility index (Phi) is 6.33. The van der Waals surface area contributed by atoms with Crippen LogP contribution in [-0.2, 0) is 4.74 Å². The normalized spacial score (nSPS) is 10.4. The molecule has 0 atom stereocenters. The van der Waals surface area contributed by atoms with Crippen molar-refractivity contribution in [1.82, 2.24) is 9.59 Å². The third kappa shape index (κ3) is 4.71. The first-order valence-corrected chi connectivity index (χ1v) is 9.91. The van der Waals surface area contributed by atoms with Gasteiger partial charge in [0.2, 0.25) is 0 Å². The molecule has 6 nitrogen and oxygen atoms in total. The molecule has 0 aliphatic heterocycles. The van der Waals surface area contributed by atoms with E-state index in [-0.39, 0.29) is 5.97 Å². The number of nitrogens with one attached hydrogen (secondary N) is 2. The molecule has 28 heavy (non-hydrogen) atoms. The van der Waals surface area contributed by atoms with Gasteiger partial charge < -0.3 is 15.4 Å². The number of ether oxygens (including phenoxy) is 1. The van der Waals surface area contributed by atoms with Gasteiger partial charge in [-0.05, 0) is 73.9 Å². The molecule has 0 aliphatic rings. The fourth-order valence-corrected chi connectivity index (χ4v) is 3.47. The van der Waals surface area contributed by atoms with E-state index in [4.69, 9.17) is 17.0 Å². The number of carbonyl (C=O) groups is 1. The molecule has 0 unspecified atom stereocenters. The summed E-state index contributed by atoms with van der Waals surface area (Å²) in [5.74, 6) is -0.314. The summed E-state index contributed by atoms with van der Waals surface area (Å²) in [4.78, 5) is 12.0. The van der Waals surface area contributed by atoms with Gasteiger partial charge in [-0.1, -0.05) is 22.7 Å². The summed E-state index contributed by atoms with van der Waals surface area (Å²) in [7, 11) is 0. The van der Waals surface area contributed by atoms with Crippen molar-refractivity contribution in [3.05, 3.63) is 59.3 Å². The summed E-state index contributed by atoms with van der Waals surface area (Å²) in [5, 5.41) is 11.5. The smallest absolute Gasteiger partial charge is 0.338 e. The number of hydrogen-bond donors (Lipinski definition) is 2. The van der Waals surface area contributed by atoms with Crippen LogP contribution in [0.25, 0.3) is 11.1 Å². The number of aromatic nitrogens is 2. The molecule has 1 aromatic heterocycles. The van der Waals surface area contributed by atoms with Gasteiger partial charge >= 0.3 is 5.97 Å². The average molecular weight is 413 g/mol. The molecule has 0 bridgehead atoms. The van der Waals surface area contributed by atoms with Gasteiger partial charge in [0.15, 0.2) is 5.11 Å². The lowest BCUT2D eigenvalue weighted by Crippen LogP contribution is -2.18. The quantitative estimate of drug-likeness (QED) is 0.460. The van der Waals surface area contributed by atoms with E-state index in [1.54, 1.807) is 13.0 Å². The largest absolute Gasteiger partial charge is 0.462 e. The molecule has 0 fully saturated rings. The third-order valence-electron chi connectivity index (χ3n) is 4.08. The lowest BCUT2D eigenvalue weighted by atomic mass is 9.98. The molecule has 0 amide bonds. The number of benzene rings is 2. The lowest BCUT2D eigenvalue weighted by Gasteiger charge is -2.12. The minimum absolute atomic E-state index is 0.314. The van der Waals surface area contributed by atoms with Gasteiger partial charge in [-0.25, -0.2) is 4.79 Å². The van der Waals surface area contributed by atoms with E-state index in [1.165, 1.54) is 11.5 Å². The van der Waals surface area contributed by atoms with Gasteiger partial charge in [-0.15, -0.1) is 5.10 Å². The van der Waals surface area contributed by atoms with Crippen LogP contribution in [0.15, 0.2) is 42.5 Å². The van der Waals surface area contributed by atoms with Crippen molar-refractivity contribution >= 4 is 45.5 Å². The van der Waals surface area contributed by atoms with E-state index in [0.717, 1.165) is 33.1 Å². The minimum Gasteiger partial charge on any atom is -0.462 e. The fourth-order valence-electron chi connectivity index (χ4n) is 2.62. The topological polar surface area (TPSA) is 76.1 Å². The first kappa shape index (κ1) is 19.9. The van der Waals surface area contributed by atoms with Crippen LogP contribution in [0.5, 0.6) is 0 Å². The zero-order valence-corrected chi connectivity index (χ0v) is 17.4. The minimum atomic E-state index is -0.314. The van der Waals surface area contributed by atoms with Crippen molar-refractivity contribution in [2.24, 2.45) is 0 Å². The van der Waals surface area contributed by atoms with Crippen LogP contribution in [0.2, 0.25) is 0 Å². The SMILES string of the molecule is CCOC(=O)c1ccc(C)c(-c2ccc(NC(=S)Nc3snnc3C)cc2)c1. The van der Waals surface area contributed by atoms with Crippen LogP contribution in [0.4, 0.5) is 10.7 Å². The van der Waals surface area contributed by atoms with Crippen LogP contribution >= 0.6 is 23.8 Å². The number of carbonyl (C=O) groups excluding carboxylic acids is 1. The molecular formula is C20H20N4O2S2. The van der Waals surface area contributed by atoms with Crippen molar-refractivity contribution in [1.29, 1.82) is 0 Å². The van der Waals surface area contributed by atoms with E-state index in [1.807, 2.05) is 50.2 Å². The molecule has 3 rings (SSSR count). The molecule has 144 valence electrons. The average Bonchev–Trinajstić information content (AvgIpc) is 3.07. The molecule has 8 heteroatoms. The molecule has 3 aromatic rings. The van der Waals surface area contributed by atoms with Gasteiger partial charge in [0, 0.05) is 17.2 Å². The van der Waals surface area contributed by atoms with Crippen molar-refractivity contribution in [3.8, 4) is 11.1 Å². The second kappa shape index (κ2) is 8.90. The Morgan fingerprint density at radius 1 is 1.14 bits per heavy atom. The van der Waals surface area contributed by atoms with Crippen molar-refractivity contribution < 1.29 is 9.53 Å². The Balaban J connectivity index is 1.73. The highest BCUT2D eigenvalue weighted by Crippen LogP contribution is 2.26. The number of rotatable bonds is 5. The Labute approximate surface area is 173 Å². The molecule has 0 radical (unpaired) electrons. The second-order valence-corrected chi connectivity index (χ2v) is 7.26. The summed E-state index contributed by atoms with van der Waals surface area (Å²) in [6, 6.07) is 13.4. The van der Waals surface area contributed by atoms with Crippen LogP contribution in [0.1, 0.15) is 28.5 Å². The maximum atomic E-state index is 12.0. The van der Waals surface area contributed by atoms with Gasteiger partial charge in [0.1, 0.15) is 5.00 Å². The van der Waals surface area contributed by atoms with Crippen molar-refractivity contribution in [3.63, 3.8) is 0 Å². The summed E-state index contributed by atoms with van der Waals surface area (Å²) >= 11 is 6.60. The van der Waals surface area contributed by atoms with E-state index in [9.17, 15) is 4.79 Å².